The zero-order valence-corrected chi connectivity index (χ0v) is 9.84. The molecule has 6 heteroatoms. The Hall–Kier alpha value is -1.43. The van der Waals surface area contributed by atoms with Gasteiger partial charge in [-0.25, -0.2) is 4.68 Å². The Morgan fingerprint density at radius 1 is 1.50 bits per heavy atom. The summed E-state index contributed by atoms with van der Waals surface area (Å²) in [5.41, 5.74) is 6.19. The summed E-state index contributed by atoms with van der Waals surface area (Å²) >= 11 is 0. The summed E-state index contributed by atoms with van der Waals surface area (Å²) < 4.78 is 1.67. The van der Waals surface area contributed by atoms with E-state index >= 15 is 0 Å². The van der Waals surface area contributed by atoms with Crippen LogP contribution in [0, 0.1) is 0 Å². The minimum atomic E-state index is -0.564. The standard InChI is InChI=1S/C10H18N4O2/c1-6(2)9-8(10(11)16)12-13-14(9)7(3)4-5-15/h6-7,15H,4-5H2,1-3H3,(H2,11,16). The molecule has 0 bridgehead atoms. The fourth-order valence-corrected chi connectivity index (χ4v) is 1.65. The number of hydrogen-bond donors (Lipinski definition) is 2. The van der Waals surface area contributed by atoms with Gasteiger partial charge in [0.05, 0.1) is 11.7 Å². The van der Waals surface area contributed by atoms with Gasteiger partial charge in [-0.1, -0.05) is 19.1 Å². The van der Waals surface area contributed by atoms with Crippen molar-refractivity contribution >= 4 is 5.91 Å². The number of aromatic nitrogens is 3. The lowest BCUT2D eigenvalue weighted by Gasteiger charge is -2.15. The number of amides is 1. The molecule has 1 atom stereocenters. The average Bonchev–Trinajstić information content (AvgIpc) is 2.61. The van der Waals surface area contributed by atoms with Crippen molar-refractivity contribution in [3.63, 3.8) is 0 Å². The Kier molecular flexibility index (Phi) is 4.00. The van der Waals surface area contributed by atoms with Crippen molar-refractivity contribution in [1.82, 2.24) is 15.0 Å². The maximum atomic E-state index is 11.2. The molecule has 1 amide bonds. The number of nitrogens with zero attached hydrogens (tertiary/aromatic N) is 3. The van der Waals surface area contributed by atoms with Gasteiger partial charge in [0.2, 0.25) is 0 Å². The molecule has 90 valence electrons. The Bertz CT molecular complexity index is 373. The van der Waals surface area contributed by atoms with Crippen LogP contribution in [0.2, 0.25) is 0 Å². The van der Waals surface area contributed by atoms with Gasteiger partial charge in [-0.3, -0.25) is 4.79 Å². The van der Waals surface area contributed by atoms with Crippen LogP contribution >= 0.6 is 0 Å². The monoisotopic (exact) mass is 226 g/mol. The van der Waals surface area contributed by atoms with Crippen LogP contribution in [-0.2, 0) is 0 Å². The fourth-order valence-electron chi connectivity index (χ4n) is 1.65. The third kappa shape index (κ3) is 2.38. The number of aliphatic hydroxyl groups excluding tert-OH is 1. The number of hydrogen-bond acceptors (Lipinski definition) is 4. The lowest BCUT2D eigenvalue weighted by Crippen LogP contribution is -2.18. The summed E-state index contributed by atoms with van der Waals surface area (Å²) in [6.45, 7) is 5.90. The maximum absolute atomic E-state index is 11.2. The number of carbonyl (C=O) groups excluding carboxylic acids is 1. The second-order valence-electron chi connectivity index (χ2n) is 4.15. The van der Waals surface area contributed by atoms with Gasteiger partial charge in [-0.15, -0.1) is 5.10 Å². The normalized spacial score (nSPS) is 13.1. The zero-order chi connectivity index (χ0) is 12.3. The first kappa shape index (κ1) is 12.6. The molecule has 1 heterocycles. The molecule has 1 aromatic rings. The van der Waals surface area contributed by atoms with Crippen LogP contribution in [-0.4, -0.2) is 32.6 Å². The molecule has 0 aliphatic rings. The first-order chi connectivity index (χ1) is 7.49. The summed E-state index contributed by atoms with van der Waals surface area (Å²) in [7, 11) is 0. The van der Waals surface area contributed by atoms with E-state index in [1.54, 1.807) is 4.68 Å². The number of rotatable bonds is 5. The summed E-state index contributed by atoms with van der Waals surface area (Å²) in [4.78, 5) is 11.2. The third-order valence-electron chi connectivity index (χ3n) is 2.48. The molecular weight excluding hydrogens is 208 g/mol. The van der Waals surface area contributed by atoms with Crippen LogP contribution in [0.25, 0.3) is 0 Å². The second-order valence-corrected chi connectivity index (χ2v) is 4.15. The number of nitrogens with two attached hydrogens (primary N) is 1. The van der Waals surface area contributed by atoms with Crippen LogP contribution in [0.15, 0.2) is 0 Å². The first-order valence-electron chi connectivity index (χ1n) is 5.34. The van der Waals surface area contributed by atoms with Crippen LogP contribution in [0.3, 0.4) is 0 Å². The minimum Gasteiger partial charge on any atom is -0.396 e. The predicted octanol–water partition coefficient (Wildman–Crippen LogP) is 0.444. The van der Waals surface area contributed by atoms with Crippen LogP contribution < -0.4 is 5.73 Å². The van der Waals surface area contributed by atoms with E-state index in [9.17, 15) is 4.79 Å². The van der Waals surface area contributed by atoms with Crippen LogP contribution in [0.5, 0.6) is 0 Å². The van der Waals surface area contributed by atoms with E-state index in [1.807, 2.05) is 20.8 Å². The van der Waals surface area contributed by atoms with E-state index in [1.165, 1.54) is 0 Å². The van der Waals surface area contributed by atoms with Gasteiger partial charge in [0.1, 0.15) is 0 Å². The molecule has 0 aliphatic heterocycles. The molecule has 1 rings (SSSR count). The summed E-state index contributed by atoms with van der Waals surface area (Å²) in [6, 6.07) is 0.00278. The largest absolute Gasteiger partial charge is 0.396 e. The summed E-state index contributed by atoms with van der Waals surface area (Å²) in [6.07, 6.45) is 0.571. The molecule has 1 unspecified atom stereocenters. The summed E-state index contributed by atoms with van der Waals surface area (Å²) in [5, 5.41) is 16.6. The van der Waals surface area contributed by atoms with E-state index < -0.39 is 5.91 Å². The van der Waals surface area contributed by atoms with Crippen molar-refractivity contribution in [2.45, 2.75) is 39.2 Å². The highest BCUT2D eigenvalue weighted by atomic mass is 16.3. The molecule has 6 nitrogen and oxygen atoms in total. The molecule has 3 N–H and O–H groups in total. The molecule has 0 aromatic carbocycles. The molecule has 1 aromatic heterocycles. The summed E-state index contributed by atoms with van der Waals surface area (Å²) in [5.74, 6) is -0.454. The van der Waals surface area contributed by atoms with E-state index in [4.69, 9.17) is 10.8 Å². The van der Waals surface area contributed by atoms with Crippen molar-refractivity contribution < 1.29 is 9.90 Å². The van der Waals surface area contributed by atoms with Crippen molar-refractivity contribution in [3.8, 4) is 0 Å². The van der Waals surface area contributed by atoms with Crippen LogP contribution in [0.4, 0.5) is 0 Å². The van der Waals surface area contributed by atoms with E-state index in [-0.39, 0.29) is 24.3 Å². The topological polar surface area (TPSA) is 94.0 Å². The maximum Gasteiger partial charge on any atom is 0.271 e. The quantitative estimate of drug-likeness (QED) is 0.761. The lowest BCUT2D eigenvalue weighted by atomic mass is 10.1. The van der Waals surface area contributed by atoms with Crippen molar-refractivity contribution in [2.24, 2.45) is 5.73 Å². The Balaban J connectivity index is 3.14. The van der Waals surface area contributed by atoms with Gasteiger partial charge < -0.3 is 10.8 Å². The van der Waals surface area contributed by atoms with Gasteiger partial charge in [0.15, 0.2) is 5.69 Å². The SMILES string of the molecule is CC(C)c1c(C(N)=O)nnn1C(C)CCO. The van der Waals surface area contributed by atoms with Crippen molar-refractivity contribution in [3.05, 3.63) is 11.4 Å². The zero-order valence-electron chi connectivity index (χ0n) is 9.84. The van der Waals surface area contributed by atoms with E-state index in [2.05, 4.69) is 10.3 Å². The number of carbonyl (C=O) groups is 1. The molecule has 0 aliphatic carbocycles. The molecule has 0 saturated carbocycles. The smallest absolute Gasteiger partial charge is 0.271 e. The second kappa shape index (κ2) is 5.07. The number of aliphatic hydroxyl groups is 1. The Morgan fingerprint density at radius 2 is 2.12 bits per heavy atom. The molecule has 16 heavy (non-hydrogen) atoms. The van der Waals surface area contributed by atoms with Gasteiger partial charge in [-0.05, 0) is 19.3 Å². The predicted molar refractivity (Wildman–Crippen MR) is 59.0 cm³/mol. The molecule has 0 saturated heterocycles. The fraction of sp³-hybridized carbons (Fsp3) is 0.700. The Labute approximate surface area is 94.4 Å². The average molecular weight is 226 g/mol. The van der Waals surface area contributed by atoms with Crippen molar-refractivity contribution in [2.75, 3.05) is 6.61 Å². The first-order valence-corrected chi connectivity index (χ1v) is 5.34. The van der Waals surface area contributed by atoms with Gasteiger partial charge in [0, 0.05) is 6.61 Å². The third-order valence-corrected chi connectivity index (χ3v) is 2.48. The highest BCUT2D eigenvalue weighted by Crippen LogP contribution is 2.22. The van der Waals surface area contributed by atoms with E-state index in [0.29, 0.717) is 6.42 Å². The molecular formula is C10H18N4O2. The molecule has 0 fully saturated rings. The van der Waals surface area contributed by atoms with Gasteiger partial charge in [-0.2, -0.15) is 0 Å². The molecule has 0 radical (unpaired) electrons. The van der Waals surface area contributed by atoms with Gasteiger partial charge >= 0.3 is 0 Å². The minimum absolute atomic E-state index is 0.00278. The lowest BCUT2D eigenvalue weighted by molar-refractivity contribution is 0.0994. The Morgan fingerprint density at radius 3 is 2.56 bits per heavy atom. The highest BCUT2D eigenvalue weighted by Gasteiger charge is 2.22. The highest BCUT2D eigenvalue weighted by molar-refractivity contribution is 5.91. The van der Waals surface area contributed by atoms with E-state index in [0.717, 1.165) is 5.69 Å². The molecule has 0 spiro atoms. The van der Waals surface area contributed by atoms with Crippen LogP contribution in [0.1, 0.15) is 55.3 Å². The number of primary amides is 1. The van der Waals surface area contributed by atoms with Gasteiger partial charge in [0.25, 0.3) is 5.91 Å². The van der Waals surface area contributed by atoms with Crippen molar-refractivity contribution in [1.29, 1.82) is 0 Å².